The number of hydrogen-bond acceptors (Lipinski definition) is 5. The SMILES string of the molecule is Cn1c(=O)n(CC(=O)C(C)(C)C)c(=O)c2c1nc1oc(C(C)(C)C)cn12. The number of imidazole rings is 1. The molecule has 0 atom stereocenters. The summed E-state index contributed by atoms with van der Waals surface area (Å²) < 4.78 is 9.55. The third-order valence-corrected chi connectivity index (χ3v) is 4.47. The third-order valence-electron chi connectivity index (χ3n) is 4.47. The van der Waals surface area contributed by atoms with E-state index >= 15 is 0 Å². The molecule has 0 radical (unpaired) electrons. The van der Waals surface area contributed by atoms with Gasteiger partial charge < -0.3 is 4.42 Å². The molecular formula is C18H24N4O4. The number of rotatable bonds is 2. The van der Waals surface area contributed by atoms with Gasteiger partial charge in [-0.3, -0.25) is 23.1 Å². The van der Waals surface area contributed by atoms with Crippen molar-refractivity contribution in [2.45, 2.75) is 53.5 Å². The van der Waals surface area contributed by atoms with Crippen molar-refractivity contribution in [1.29, 1.82) is 0 Å². The van der Waals surface area contributed by atoms with Gasteiger partial charge in [-0.15, -0.1) is 0 Å². The molecule has 3 heterocycles. The molecule has 3 rings (SSSR count). The monoisotopic (exact) mass is 360 g/mol. The average molecular weight is 360 g/mol. The Balaban J connectivity index is 2.32. The number of aryl methyl sites for hydroxylation is 1. The maximum atomic E-state index is 13.0. The lowest BCUT2D eigenvalue weighted by Gasteiger charge is -2.17. The maximum Gasteiger partial charge on any atom is 0.332 e. The topological polar surface area (TPSA) is 91.5 Å². The van der Waals surface area contributed by atoms with Gasteiger partial charge in [-0.05, 0) is 0 Å². The van der Waals surface area contributed by atoms with Crippen molar-refractivity contribution in [2.75, 3.05) is 0 Å². The number of carbonyl (C=O) groups excluding carboxylic acids is 1. The Morgan fingerprint density at radius 2 is 1.77 bits per heavy atom. The average Bonchev–Trinajstić information content (AvgIpc) is 3.05. The predicted octanol–water partition coefficient (Wildman–Crippen LogP) is 1.85. The number of oxazole rings is 1. The molecule has 0 aromatic carbocycles. The molecule has 8 nitrogen and oxygen atoms in total. The van der Waals surface area contributed by atoms with Crippen LogP contribution in [0.25, 0.3) is 17.0 Å². The van der Waals surface area contributed by atoms with Crippen molar-refractivity contribution in [3.63, 3.8) is 0 Å². The van der Waals surface area contributed by atoms with Crippen LogP contribution in [0.2, 0.25) is 0 Å². The molecule has 0 unspecified atom stereocenters. The first-order chi connectivity index (χ1) is 11.8. The molecule has 0 aliphatic heterocycles. The summed E-state index contributed by atoms with van der Waals surface area (Å²) in [6, 6.07) is 0. The zero-order chi connectivity index (χ0) is 19.6. The second-order valence-corrected chi connectivity index (χ2v) is 8.69. The van der Waals surface area contributed by atoms with Crippen LogP contribution in [0.3, 0.4) is 0 Å². The summed E-state index contributed by atoms with van der Waals surface area (Å²) in [5.74, 6) is 0.726. The van der Waals surface area contributed by atoms with E-state index in [1.54, 1.807) is 31.4 Å². The van der Waals surface area contributed by atoms with E-state index in [4.69, 9.17) is 4.42 Å². The number of aromatic nitrogens is 4. The van der Waals surface area contributed by atoms with Gasteiger partial charge in [0.2, 0.25) is 0 Å². The van der Waals surface area contributed by atoms with E-state index in [1.807, 2.05) is 20.8 Å². The number of carbonyl (C=O) groups is 1. The zero-order valence-corrected chi connectivity index (χ0v) is 16.2. The Morgan fingerprint density at radius 1 is 1.15 bits per heavy atom. The molecule has 0 fully saturated rings. The Morgan fingerprint density at radius 3 is 2.31 bits per heavy atom. The van der Waals surface area contributed by atoms with E-state index < -0.39 is 16.7 Å². The molecule has 0 saturated carbocycles. The first kappa shape index (κ1) is 18.2. The molecule has 0 spiro atoms. The third kappa shape index (κ3) is 2.69. The Labute approximate surface area is 150 Å². The van der Waals surface area contributed by atoms with Crippen LogP contribution < -0.4 is 11.2 Å². The van der Waals surface area contributed by atoms with Crippen molar-refractivity contribution in [2.24, 2.45) is 12.5 Å². The normalized spacial score (nSPS) is 13.0. The first-order valence-corrected chi connectivity index (χ1v) is 8.47. The lowest BCUT2D eigenvalue weighted by molar-refractivity contribution is -0.127. The summed E-state index contributed by atoms with van der Waals surface area (Å²) in [7, 11) is 1.53. The highest BCUT2D eigenvalue weighted by Crippen LogP contribution is 2.26. The molecule has 0 N–H and O–H groups in total. The van der Waals surface area contributed by atoms with Gasteiger partial charge in [0.25, 0.3) is 5.56 Å². The fourth-order valence-electron chi connectivity index (χ4n) is 2.62. The highest BCUT2D eigenvalue weighted by Gasteiger charge is 2.27. The van der Waals surface area contributed by atoms with Crippen molar-refractivity contribution in [3.8, 4) is 0 Å². The smallest absolute Gasteiger partial charge is 0.332 e. The number of fused-ring (bicyclic) bond motifs is 3. The van der Waals surface area contributed by atoms with E-state index in [0.29, 0.717) is 5.76 Å². The summed E-state index contributed by atoms with van der Waals surface area (Å²) in [5.41, 5.74) is -1.57. The summed E-state index contributed by atoms with van der Waals surface area (Å²) in [6.45, 7) is 11.0. The quantitative estimate of drug-likeness (QED) is 0.695. The van der Waals surface area contributed by atoms with Crippen LogP contribution in [-0.4, -0.2) is 24.3 Å². The number of Topliss-reactive ketones (excluding diaryl/α,β-unsaturated/α-hetero) is 1. The van der Waals surface area contributed by atoms with E-state index in [9.17, 15) is 14.4 Å². The Hall–Kier alpha value is -2.64. The van der Waals surface area contributed by atoms with Crippen LogP contribution in [0.15, 0.2) is 20.2 Å². The van der Waals surface area contributed by atoms with Crippen molar-refractivity contribution >= 4 is 22.8 Å². The van der Waals surface area contributed by atoms with Crippen molar-refractivity contribution in [1.82, 2.24) is 18.5 Å². The van der Waals surface area contributed by atoms with Gasteiger partial charge in [-0.25, -0.2) is 4.79 Å². The molecular weight excluding hydrogens is 336 g/mol. The second-order valence-electron chi connectivity index (χ2n) is 8.69. The molecule has 0 aliphatic carbocycles. The maximum absolute atomic E-state index is 13.0. The van der Waals surface area contributed by atoms with Gasteiger partial charge in [0.1, 0.15) is 5.76 Å². The van der Waals surface area contributed by atoms with Gasteiger partial charge in [-0.2, -0.15) is 4.98 Å². The van der Waals surface area contributed by atoms with Gasteiger partial charge >= 0.3 is 11.5 Å². The summed E-state index contributed by atoms with van der Waals surface area (Å²) >= 11 is 0. The second kappa shape index (κ2) is 5.43. The van der Waals surface area contributed by atoms with Gasteiger partial charge in [0.15, 0.2) is 16.9 Å². The predicted molar refractivity (Wildman–Crippen MR) is 97.6 cm³/mol. The molecule has 0 saturated heterocycles. The van der Waals surface area contributed by atoms with Gasteiger partial charge in [-0.1, -0.05) is 41.5 Å². The molecule has 0 bridgehead atoms. The number of ketones is 1. The molecule has 0 aliphatic rings. The standard InChI is InChI=1S/C18H24N4O4/c1-17(2,3)10(23)8-22-14(24)12-13(20(7)16(22)25)19-15-21(12)9-11(26-15)18(4,5)6/h9H,8H2,1-7H3. The van der Waals surface area contributed by atoms with Gasteiger partial charge in [0.05, 0.1) is 12.7 Å². The Bertz CT molecular complexity index is 1140. The van der Waals surface area contributed by atoms with Crippen LogP contribution in [0.1, 0.15) is 47.3 Å². The minimum Gasteiger partial charge on any atom is -0.428 e. The minimum absolute atomic E-state index is 0.195. The van der Waals surface area contributed by atoms with Crippen LogP contribution in [0, 0.1) is 5.41 Å². The molecule has 8 heteroatoms. The van der Waals surface area contributed by atoms with Gasteiger partial charge in [0, 0.05) is 17.9 Å². The lowest BCUT2D eigenvalue weighted by Crippen LogP contribution is -2.42. The van der Waals surface area contributed by atoms with E-state index in [-0.39, 0.29) is 34.8 Å². The summed E-state index contributed by atoms with van der Waals surface area (Å²) in [5, 5.41) is 0. The van der Waals surface area contributed by atoms with Crippen molar-refractivity contribution < 1.29 is 9.21 Å². The fourth-order valence-corrected chi connectivity index (χ4v) is 2.62. The molecule has 0 amide bonds. The van der Waals surface area contributed by atoms with E-state index in [2.05, 4.69) is 4.98 Å². The first-order valence-electron chi connectivity index (χ1n) is 8.47. The number of hydrogen-bond donors (Lipinski definition) is 0. The lowest BCUT2D eigenvalue weighted by atomic mass is 9.91. The van der Waals surface area contributed by atoms with Crippen molar-refractivity contribution in [3.05, 3.63) is 32.8 Å². The van der Waals surface area contributed by atoms with E-state index in [0.717, 1.165) is 4.57 Å². The molecule has 140 valence electrons. The Kier molecular flexibility index (Phi) is 3.79. The molecule has 26 heavy (non-hydrogen) atoms. The fraction of sp³-hybridized carbons (Fsp3) is 0.556. The van der Waals surface area contributed by atoms with Crippen LogP contribution in [0.4, 0.5) is 0 Å². The van der Waals surface area contributed by atoms with E-state index in [1.165, 1.54) is 11.6 Å². The van der Waals surface area contributed by atoms with Crippen LogP contribution >= 0.6 is 0 Å². The largest absolute Gasteiger partial charge is 0.428 e. The molecule has 3 aromatic heterocycles. The molecule has 3 aromatic rings. The number of nitrogens with zero attached hydrogens (tertiary/aromatic N) is 4. The highest BCUT2D eigenvalue weighted by atomic mass is 16.4. The summed E-state index contributed by atoms with van der Waals surface area (Å²) in [4.78, 5) is 42.3. The van der Waals surface area contributed by atoms with Crippen LogP contribution in [0.5, 0.6) is 0 Å². The zero-order valence-electron chi connectivity index (χ0n) is 16.2. The summed E-state index contributed by atoms with van der Waals surface area (Å²) in [6.07, 6.45) is 1.71. The minimum atomic E-state index is -0.652. The highest BCUT2D eigenvalue weighted by molar-refractivity contribution is 5.83. The van der Waals surface area contributed by atoms with Crippen LogP contribution in [-0.2, 0) is 23.8 Å².